The number of hydrogen-bond donors (Lipinski definition) is 2. The van der Waals surface area contributed by atoms with Crippen LogP contribution in [-0.2, 0) is 11.0 Å². The number of rotatable bonds is 7. The van der Waals surface area contributed by atoms with Gasteiger partial charge in [-0.15, -0.1) is 0 Å². The van der Waals surface area contributed by atoms with Crippen molar-refractivity contribution in [1.29, 1.82) is 0 Å². The molecule has 0 saturated heterocycles. The van der Waals surface area contributed by atoms with Crippen LogP contribution in [0.2, 0.25) is 0 Å². The van der Waals surface area contributed by atoms with Crippen LogP contribution in [0.3, 0.4) is 0 Å². The van der Waals surface area contributed by atoms with Crippen molar-refractivity contribution in [3.63, 3.8) is 0 Å². The van der Waals surface area contributed by atoms with Crippen molar-refractivity contribution >= 4 is 22.7 Å². The van der Waals surface area contributed by atoms with Gasteiger partial charge in [0.25, 0.3) is 5.91 Å². The first-order valence-corrected chi connectivity index (χ1v) is 10.7. The average Bonchev–Trinajstić information content (AvgIpc) is 3.25. The Balaban J connectivity index is 2.03. The molecule has 0 fully saturated rings. The maximum Gasteiger partial charge on any atom is 0.433 e. The summed E-state index contributed by atoms with van der Waals surface area (Å²) in [6, 6.07) is 4.36. The number of amides is 2. The molecule has 3 aromatic rings. The molecule has 2 heterocycles. The highest BCUT2D eigenvalue weighted by Crippen LogP contribution is 2.37. The molecule has 3 N–H and O–H groups in total. The summed E-state index contributed by atoms with van der Waals surface area (Å²) in [5, 5.41) is 2.94. The predicted molar refractivity (Wildman–Crippen MR) is 122 cm³/mol. The van der Waals surface area contributed by atoms with Crippen LogP contribution < -0.4 is 15.8 Å². The molecule has 12 heteroatoms. The lowest BCUT2D eigenvalue weighted by Gasteiger charge is -2.17. The second kappa shape index (κ2) is 9.90. The molecule has 9 nitrogen and oxygen atoms in total. The number of nitrogens with one attached hydrogen (secondary N) is 1. The van der Waals surface area contributed by atoms with Crippen molar-refractivity contribution in [2.24, 2.45) is 11.7 Å². The summed E-state index contributed by atoms with van der Waals surface area (Å²) >= 11 is 0. The Labute approximate surface area is 199 Å². The number of pyridine rings is 1. The summed E-state index contributed by atoms with van der Waals surface area (Å²) in [4.78, 5) is 34.3. The van der Waals surface area contributed by atoms with Crippen molar-refractivity contribution in [1.82, 2.24) is 20.2 Å². The molecular formula is C23H26F3N5O4. The van der Waals surface area contributed by atoms with Crippen molar-refractivity contribution in [3.05, 3.63) is 41.4 Å². The first-order valence-electron chi connectivity index (χ1n) is 10.7. The number of nitrogens with zero attached hydrogens (tertiary/aromatic N) is 3. The van der Waals surface area contributed by atoms with E-state index in [0.717, 1.165) is 6.07 Å². The highest BCUT2D eigenvalue weighted by atomic mass is 19.4. The zero-order valence-electron chi connectivity index (χ0n) is 19.9. The third kappa shape index (κ3) is 5.37. The Morgan fingerprint density at radius 2 is 1.86 bits per heavy atom. The second-order valence-electron chi connectivity index (χ2n) is 8.27. The summed E-state index contributed by atoms with van der Waals surface area (Å²) in [7, 11) is 4.55. The standard InChI is InChI=1S/C23H26F3N5O4/c1-11(22(33)31(3)4)10-28-20(32)18-19(12(2)27)35-21(30-18)14-6-8-15(34-5)17-13(14)7-9-16(29-17)23(24,25)26/h6-9,11-12H,10,27H2,1-5H3,(H,28,32)/t11-,12-/m0/s1. The quantitative estimate of drug-likeness (QED) is 0.517. The number of hydrogen-bond acceptors (Lipinski definition) is 7. The van der Waals surface area contributed by atoms with Crippen LogP contribution in [-0.4, -0.2) is 54.4 Å². The van der Waals surface area contributed by atoms with Crippen LogP contribution in [0.1, 0.15) is 41.8 Å². The van der Waals surface area contributed by atoms with Gasteiger partial charge >= 0.3 is 6.18 Å². The highest BCUT2D eigenvalue weighted by Gasteiger charge is 2.33. The van der Waals surface area contributed by atoms with Gasteiger partial charge in [-0.05, 0) is 31.2 Å². The molecule has 0 saturated carbocycles. The topological polar surface area (TPSA) is 124 Å². The van der Waals surface area contributed by atoms with Gasteiger partial charge < -0.3 is 25.1 Å². The summed E-state index contributed by atoms with van der Waals surface area (Å²) in [6.07, 6.45) is -4.64. The van der Waals surface area contributed by atoms with Gasteiger partial charge in [0.2, 0.25) is 11.8 Å². The molecule has 188 valence electrons. The molecule has 3 rings (SSSR count). The Morgan fingerprint density at radius 1 is 1.17 bits per heavy atom. The van der Waals surface area contributed by atoms with Gasteiger partial charge in [-0.2, -0.15) is 13.2 Å². The second-order valence-corrected chi connectivity index (χ2v) is 8.27. The van der Waals surface area contributed by atoms with E-state index >= 15 is 0 Å². The molecule has 0 aliphatic carbocycles. The lowest BCUT2D eigenvalue weighted by Crippen LogP contribution is -2.37. The molecular weight excluding hydrogens is 467 g/mol. The Morgan fingerprint density at radius 3 is 2.43 bits per heavy atom. The van der Waals surface area contributed by atoms with Crippen molar-refractivity contribution < 1.29 is 31.9 Å². The average molecular weight is 493 g/mol. The molecule has 2 atom stereocenters. The monoisotopic (exact) mass is 493 g/mol. The highest BCUT2D eigenvalue weighted by molar-refractivity contribution is 5.98. The smallest absolute Gasteiger partial charge is 0.433 e. The molecule has 0 radical (unpaired) electrons. The maximum atomic E-state index is 13.2. The Bertz CT molecular complexity index is 1250. The molecule has 2 aromatic heterocycles. The van der Waals surface area contributed by atoms with Gasteiger partial charge in [-0.25, -0.2) is 9.97 Å². The van der Waals surface area contributed by atoms with Crippen LogP contribution in [0, 0.1) is 5.92 Å². The van der Waals surface area contributed by atoms with Gasteiger partial charge in [-0.3, -0.25) is 9.59 Å². The number of benzene rings is 1. The van der Waals surface area contributed by atoms with Crippen molar-refractivity contribution in [3.8, 4) is 17.2 Å². The minimum Gasteiger partial charge on any atom is -0.494 e. The number of halogens is 3. The number of carbonyl (C=O) groups excluding carboxylic acids is 2. The first-order chi connectivity index (χ1) is 16.3. The Kier molecular flexibility index (Phi) is 7.34. The molecule has 0 unspecified atom stereocenters. The lowest BCUT2D eigenvalue weighted by atomic mass is 10.1. The summed E-state index contributed by atoms with van der Waals surface area (Å²) in [5.41, 5.74) is 5.09. The van der Waals surface area contributed by atoms with Gasteiger partial charge in [-0.1, -0.05) is 6.92 Å². The zero-order chi connectivity index (χ0) is 26.1. The zero-order valence-corrected chi connectivity index (χ0v) is 19.9. The number of fused-ring (bicyclic) bond motifs is 1. The molecule has 2 amide bonds. The van der Waals surface area contributed by atoms with Crippen molar-refractivity contribution in [2.45, 2.75) is 26.1 Å². The van der Waals surface area contributed by atoms with E-state index in [2.05, 4.69) is 15.3 Å². The number of oxazole rings is 1. The van der Waals surface area contributed by atoms with Crippen LogP contribution in [0.15, 0.2) is 28.7 Å². The molecule has 0 bridgehead atoms. The van der Waals surface area contributed by atoms with Gasteiger partial charge in [0, 0.05) is 31.6 Å². The largest absolute Gasteiger partial charge is 0.494 e. The van der Waals surface area contributed by atoms with Crippen LogP contribution >= 0.6 is 0 Å². The molecule has 1 aromatic carbocycles. The van der Waals surface area contributed by atoms with Crippen LogP contribution in [0.25, 0.3) is 22.4 Å². The predicted octanol–water partition coefficient (Wildman–Crippen LogP) is 3.39. The van der Waals surface area contributed by atoms with Gasteiger partial charge in [0.05, 0.1) is 19.1 Å². The summed E-state index contributed by atoms with van der Waals surface area (Å²) < 4.78 is 50.6. The normalized spacial score (nSPS) is 13.4. The maximum absolute atomic E-state index is 13.2. The van der Waals surface area contributed by atoms with E-state index < -0.39 is 29.7 Å². The minimum absolute atomic E-state index is 0.0194. The van der Waals surface area contributed by atoms with E-state index in [-0.39, 0.29) is 46.4 Å². The van der Waals surface area contributed by atoms with Gasteiger partial charge in [0.1, 0.15) is 17.0 Å². The Hall–Kier alpha value is -3.67. The lowest BCUT2D eigenvalue weighted by molar-refractivity contribution is -0.141. The number of alkyl halides is 3. The third-order valence-electron chi connectivity index (χ3n) is 5.27. The van der Waals surface area contributed by atoms with E-state index in [0.29, 0.717) is 5.56 Å². The van der Waals surface area contributed by atoms with E-state index in [1.165, 1.54) is 24.1 Å². The fourth-order valence-corrected chi connectivity index (χ4v) is 3.48. The van der Waals surface area contributed by atoms with Crippen LogP contribution in [0.5, 0.6) is 5.75 Å². The van der Waals surface area contributed by atoms with Gasteiger partial charge in [0.15, 0.2) is 11.5 Å². The third-order valence-corrected chi connectivity index (χ3v) is 5.27. The van der Waals surface area contributed by atoms with E-state index in [1.807, 2.05) is 0 Å². The summed E-state index contributed by atoms with van der Waals surface area (Å²) in [5.74, 6) is -1.03. The molecule has 35 heavy (non-hydrogen) atoms. The fraction of sp³-hybridized carbons (Fsp3) is 0.391. The number of ether oxygens (including phenoxy) is 1. The van der Waals surface area contributed by atoms with Crippen molar-refractivity contribution in [2.75, 3.05) is 27.7 Å². The van der Waals surface area contributed by atoms with E-state index in [1.54, 1.807) is 34.0 Å². The van der Waals surface area contributed by atoms with E-state index in [9.17, 15) is 22.8 Å². The molecule has 0 spiro atoms. The number of carbonyl (C=O) groups is 2. The molecule has 0 aliphatic rings. The minimum atomic E-state index is -4.64. The fourth-order valence-electron chi connectivity index (χ4n) is 3.48. The number of methoxy groups -OCH3 is 1. The SMILES string of the molecule is COc1ccc(-c2nc(C(=O)NC[C@H](C)C(=O)N(C)C)c([C@H](C)N)o2)c2ccc(C(F)(F)F)nc12. The van der Waals surface area contributed by atoms with E-state index in [4.69, 9.17) is 14.9 Å². The number of aromatic nitrogens is 2. The molecule has 0 aliphatic heterocycles. The number of nitrogens with two attached hydrogens (primary N) is 1. The summed E-state index contributed by atoms with van der Waals surface area (Å²) in [6.45, 7) is 3.34. The first kappa shape index (κ1) is 25.9. The van der Waals surface area contributed by atoms with Crippen LogP contribution in [0.4, 0.5) is 13.2 Å².